The van der Waals surface area contributed by atoms with E-state index >= 15 is 0 Å². The van der Waals surface area contributed by atoms with Gasteiger partial charge < -0.3 is 9.67 Å². The van der Waals surface area contributed by atoms with Crippen molar-refractivity contribution in [1.82, 2.24) is 14.8 Å². The number of benzene rings is 1. The second-order valence-corrected chi connectivity index (χ2v) is 5.19. The van der Waals surface area contributed by atoms with Crippen LogP contribution >= 0.6 is 11.8 Å². The second-order valence-electron chi connectivity index (χ2n) is 4.25. The summed E-state index contributed by atoms with van der Waals surface area (Å²) in [7, 11) is 1.92. The van der Waals surface area contributed by atoms with E-state index in [2.05, 4.69) is 10.2 Å². The first-order valence-electron chi connectivity index (χ1n) is 6.05. The van der Waals surface area contributed by atoms with E-state index in [1.807, 2.05) is 42.8 Å². The van der Waals surface area contributed by atoms with Crippen LogP contribution in [0.15, 0.2) is 35.5 Å². The van der Waals surface area contributed by atoms with Gasteiger partial charge in [-0.25, -0.2) is 4.79 Å². The molecule has 1 heterocycles. The van der Waals surface area contributed by atoms with Crippen molar-refractivity contribution in [2.75, 3.05) is 0 Å². The molecule has 1 aromatic carbocycles. The largest absolute Gasteiger partial charge is 0.478 e. The van der Waals surface area contributed by atoms with E-state index in [0.29, 0.717) is 5.75 Å². The van der Waals surface area contributed by atoms with Gasteiger partial charge in [-0.2, -0.15) is 0 Å². The fourth-order valence-corrected chi connectivity index (χ4v) is 2.62. The number of rotatable bonds is 5. The van der Waals surface area contributed by atoms with Crippen LogP contribution < -0.4 is 0 Å². The van der Waals surface area contributed by atoms with Crippen molar-refractivity contribution in [2.45, 2.75) is 17.8 Å². The zero-order chi connectivity index (χ0) is 14.5. The molecule has 0 aliphatic rings. The minimum absolute atomic E-state index is 0.714. The number of aryl methyl sites for hydroxylation is 1. The summed E-state index contributed by atoms with van der Waals surface area (Å²) in [5.41, 5.74) is 1.97. The Morgan fingerprint density at radius 1 is 1.40 bits per heavy atom. The summed E-state index contributed by atoms with van der Waals surface area (Å²) in [6.07, 6.45) is 2.76. The Kier molecular flexibility index (Phi) is 4.57. The zero-order valence-electron chi connectivity index (χ0n) is 11.3. The molecule has 20 heavy (non-hydrogen) atoms. The smallest absolute Gasteiger partial charge is 0.328 e. The fourth-order valence-electron chi connectivity index (χ4n) is 1.65. The quantitative estimate of drug-likeness (QED) is 0.676. The Labute approximate surface area is 121 Å². The summed E-state index contributed by atoms with van der Waals surface area (Å²) in [4.78, 5) is 10.6. The van der Waals surface area contributed by atoms with Gasteiger partial charge in [0.05, 0.1) is 0 Å². The van der Waals surface area contributed by atoms with Crippen LogP contribution in [-0.2, 0) is 17.6 Å². The lowest BCUT2D eigenvalue weighted by Crippen LogP contribution is -1.94. The van der Waals surface area contributed by atoms with Crippen molar-refractivity contribution in [3.8, 4) is 0 Å². The first kappa shape index (κ1) is 14.3. The van der Waals surface area contributed by atoms with Gasteiger partial charge in [-0.15, -0.1) is 10.2 Å². The van der Waals surface area contributed by atoms with Crippen LogP contribution in [0.3, 0.4) is 0 Å². The van der Waals surface area contributed by atoms with Gasteiger partial charge in [-0.05, 0) is 24.1 Å². The van der Waals surface area contributed by atoms with Gasteiger partial charge in [-0.3, -0.25) is 0 Å². The maximum atomic E-state index is 10.6. The summed E-state index contributed by atoms with van der Waals surface area (Å²) >= 11 is 1.58. The lowest BCUT2D eigenvalue weighted by molar-refractivity contribution is -0.131. The van der Waals surface area contributed by atoms with Crippen LogP contribution in [0.4, 0.5) is 0 Å². The summed E-state index contributed by atoms with van der Waals surface area (Å²) < 4.78 is 1.93. The van der Waals surface area contributed by atoms with Crippen molar-refractivity contribution >= 4 is 23.8 Å². The molecule has 1 N–H and O–H groups in total. The minimum Gasteiger partial charge on any atom is -0.478 e. The molecule has 0 radical (unpaired) electrons. The molecule has 104 valence electrons. The molecule has 5 nitrogen and oxygen atoms in total. The Bertz CT molecular complexity index is 650. The minimum atomic E-state index is -0.948. The number of aromatic nitrogens is 3. The number of nitrogens with zero attached hydrogens (tertiary/aromatic N) is 3. The van der Waals surface area contributed by atoms with Gasteiger partial charge in [-0.1, -0.05) is 36.0 Å². The van der Waals surface area contributed by atoms with Gasteiger partial charge in [0.15, 0.2) is 5.16 Å². The number of carbonyl (C=O) groups is 1. The maximum absolute atomic E-state index is 10.6. The molecule has 0 saturated heterocycles. The zero-order valence-corrected chi connectivity index (χ0v) is 12.1. The molecule has 0 unspecified atom stereocenters. The molecule has 0 aliphatic carbocycles. The molecular weight excluding hydrogens is 274 g/mol. The number of hydrogen-bond acceptors (Lipinski definition) is 4. The van der Waals surface area contributed by atoms with Crippen LogP contribution in [0, 0.1) is 6.92 Å². The van der Waals surface area contributed by atoms with Crippen LogP contribution in [0.2, 0.25) is 0 Å². The Morgan fingerprint density at radius 3 is 2.80 bits per heavy atom. The van der Waals surface area contributed by atoms with Gasteiger partial charge in [0.1, 0.15) is 5.82 Å². The van der Waals surface area contributed by atoms with Crippen molar-refractivity contribution in [3.05, 3.63) is 47.3 Å². The van der Waals surface area contributed by atoms with E-state index in [-0.39, 0.29) is 0 Å². The van der Waals surface area contributed by atoms with E-state index in [4.69, 9.17) is 5.11 Å². The third-order valence-corrected chi connectivity index (χ3v) is 3.94. The van der Waals surface area contributed by atoms with Crippen molar-refractivity contribution in [3.63, 3.8) is 0 Å². The predicted octanol–water partition coefficient (Wildman–Crippen LogP) is 2.51. The monoisotopic (exact) mass is 289 g/mol. The van der Waals surface area contributed by atoms with Crippen LogP contribution in [0.25, 0.3) is 6.08 Å². The van der Waals surface area contributed by atoms with Gasteiger partial charge in [0.25, 0.3) is 0 Å². The second kappa shape index (κ2) is 6.38. The normalized spacial score (nSPS) is 11.1. The van der Waals surface area contributed by atoms with Crippen molar-refractivity contribution in [2.24, 2.45) is 7.05 Å². The molecule has 0 bridgehead atoms. The molecule has 0 atom stereocenters. The third-order valence-electron chi connectivity index (χ3n) is 2.87. The molecule has 6 heteroatoms. The Morgan fingerprint density at radius 2 is 2.15 bits per heavy atom. The summed E-state index contributed by atoms with van der Waals surface area (Å²) in [5.74, 6) is 0.634. The highest BCUT2D eigenvalue weighted by molar-refractivity contribution is 7.98. The van der Waals surface area contributed by atoms with E-state index in [0.717, 1.165) is 28.2 Å². The van der Waals surface area contributed by atoms with E-state index in [1.165, 1.54) is 0 Å². The molecule has 1 aromatic heterocycles. The average Bonchev–Trinajstić information content (AvgIpc) is 2.75. The standard InChI is InChI=1S/C14H15N3O2S/c1-10-15-16-14(17(10)2)20-9-12-6-4-3-5-11(12)7-8-13(18)19/h3-8H,9H2,1-2H3,(H,18,19). The SMILES string of the molecule is Cc1nnc(SCc2ccccc2C=CC(=O)O)n1C. The lowest BCUT2D eigenvalue weighted by atomic mass is 10.1. The van der Waals surface area contributed by atoms with Crippen LogP contribution in [0.5, 0.6) is 0 Å². The number of carboxylic acid groups (broad SMARTS) is 1. The maximum Gasteiger partial charge on any atom is 0.328 e. The molecule has 0 spiro atoms. The number of aliphatic carboxylic acids is 1. The number of hydrogen-bond donors (Lipinski definition) is 1. The molecular formula is C14H15N3O2S. The van der Waals surface area contributed by atoms with Gasteiger partial charge in [0.2, 0.25) is 0 Å². The highest BCUT2D eigenvalue weighted by atomic mass is 32.2. The highest BCUT2D eigenvalue weighted by Gasteiger charge is 2.07. The molecule has 0 amide bonds. The number of thioether (sulfide) groups is 1. The molecule has 0 aliphatic heterocycles. The molecule has 0 fully saturated rings. The molecule has 2 rings (SSSR count). The third kappa shape index (κ3) is 3.48. The predicted molar refractivity (Wildman–Crippen MR) is 78.4 cm³/mol. The average molecular weight is 289 g/mol. The van der Waals surface area contributed by atoms with E-state index in [1.54, 1.807) is 17.8 Å². The lowest BCUT2D eigenvalue weighted by Gasteiger charge is -2.05. The van der Waals surface area contributed by atoms with Crippen molar-refractivity contribution in [1.29, 1.82) is 0 Å². The fraction of sp³-hybridized carbons (Fsp3) is 0.214. The van der Waals surface area contributed by atoms with E-state index in [9.17, 15) is 4.79 Å². The Hall–Kier alpha value is -2.08. The topological polar surface area (TPSA) is 68.0 Å². The Balaban J connectivity index is 2.13. The van der Waals surface area contributed by atoms with Crippen molar-refractivity contribution < 1.29 is 9.90 Å². The molecule has 0 saturated carbocycles. The number of carboxylic acids is 1. The first-order valence-corrected chi connectivity index (χ1v) is 7.04. The summed E-state index contributed by atoms with van der Waals surface area (Å²) in [5, 5.41) is 17.7. The first-order chi connectivity index (χ1) is 9.58. The highest BCUT2D eigenvalue weighted by Crippen LogP contribution is 2.23. The van der Waals surface area contributed by atoms with Crippen LogP contribution in [0.1, 0.15) is 17.0 Å². The summed E-state index contributed by atoms with van der Waals surface area (Å²) in [6, 6.07) is 7.72. The van der Waals surface area contributed by atoms with Gasteiger partial charge >= 0.3 is 5.97 Å². The molecule has 2 aromatic rings. The summed E-state index contributed by atoms with van der Waals surface area (Å²) in [6.45, 7) is 1.90. The van der Waals surface area contributed by atoms with E-state index < -0.39 is 5.97 Å². The van der Waals surface area contributed by atoms with Gasteiger partial charge in [0, 0.05) is 18.9 Å². The van der Waals surface area contributed by atoms with Crippen LogP contribution in [-0.4, -0.2) is 25.8 Å².